The van der Waals surface area contributed by atoms with Gasteiger partial charge in [0.15, 0.2) is 0 Å². The molecule has 1 aliphatic heterocycles. The molecular weight excluding hydrogens is 363 g/mol. The van der Waals surface area contributed by atoms with E-state index in [0.717, 1.165) is 0 Å². The summed E-state index contributed by atoms with van der Waals surface area (Å²) in [4.78, 5) is 12.7. The van der Waals surface area contributed by atoms with E-state index in [1.54, 1.807) is 34.6 Å². The van der Waals surface area contributed by atoms with Gasteiger partial charge >= 0.3 is 23.9 Å². The minimum atomic E-state index is -5.77. The van der Waals surface area contributed by atoms with Crippen molar-refractivity contribution < 1.29 is 41.3 Å². The van der Waals surface area contributed by atoms with Gasteiger partial charge in [0.05, 0.1) is 12.0 Å². The molecule has 0 saturated carbocycles. The van der Waals surface area contributed by atoms with Crippen LogP contribution in [-0.2, 0) is 14.3 Å². The maximum Gasteiger partial charge on any atom is 0.449 e. The quantitative estimate of drug-likeness (QED) is 0.447. The fourth-order valence-electron chi connectivity index (χ4n) is 2.60. The summed E-state index contributed by atoms with van der Waals surface area (Å²) < 4.78 is 76.5. The van der Waals surface area contributed by atoms with Crippen molar-refractivity contribution in [3.63, 3.8) is 0 Å². The Labute approximate surface area is 149 Å². The molecule has 0 aromatic carbocycles. The highest BCUT2D eigenvalue weighted by Crippen LogP contribution is 2.55. The van der Waals surface area contributed by atoms with Crippen LogP contribution >= 0.6 is 0 Å². The molecule has 9 heteroatoms. The van der Waals surface area contributed by atoms with E-state index >= 15 is 0 Å². The van der Waals surface area contributed by atoms with Crippen LogP contribution in [0, 0.1) is 10.8 Å². The average molecular weight is 388 g/mol. The maximum atomic E-state index is 14.5. The average Bonchev–Trinajstić information content (AvgIpc) is 2.57. The number of esters is 1. The third-order valence-electron chi connectivity index (χ3n) is 4.91. The van der Waals surface area contributed by atoms with E-state index in [0.29, 0.717) is 12.5 Å². The second-order valence-electron chi connectivity index (χ2n) is 8.30. The van der Waals surface area contributed by atoms with Crippen molar-refractivity contribution >= 4 is 5.97 Å². The Bertz CT molecular complexity index is 603. The predicted molar refractivity (Wildman–Crippen MR) is 83.4 cm³/mol. The van der Waals surface area contributed by atoms with Gasteiger partial charge in [-0.05, 0) is 33.1 Å². The van der Waals surface area contributed by atoms with Gasteiger partial charge in [-0.1, -0.05) is 32.4 Å². The van der Waals surface area contributed by atoms with Crippen molar-refractivity contribution in [2.45, 2.75) is 72.0 Å². The van der Waals surface area contributed by atoms with E-state index in [2.05, 4.69) is 4.74 Å². The van der Waals surface area contributed by atoms with Crippen LogP contribution in [0.25, 0.3) is 0 Å². The van der Waals surface area contributed by atoms with Gasteiger partial charge in [-0.15, -0.1) is 0 Å². The summed E-state index contributed by atoms with van der Waals surface area (Å²) in [6, 6.07) is 0. The lowest BCUT2D eigenvalue weighted by molar-refractivity contribution is -0.409. The van der Waals surface area contributed by atoms with Crippen LogP contribution < -0.4 is 0 Å². The number of carbonyl (C=O) groups is 1. The first-order chi connectivity index (χ1) is 11.3. The molecule has 0 aromatic rings. The number of carbonyl (C=O) groups excluding carboxylic acids is 1. The van der Waals surface area contributed by atoms with Gasteiger partial charge in [0.1, 0.15) is 0 Å². The summed E-state index contributed by atoms with van der Waals surface area (Å²) in [6.07, 6.45) is -4.25. The Morgan fingerprint density at radius 2 is 1.62 bits per heavy atom. The lowest BCUT2D eigenvalue weighted by atomic mass is 9.67. The number of aliphatic hydroxyl groups is 1. The zero-order chi connectivity index (χ0) is 21.0. The zero-order valence-electron chi connectivity index (χ0n) is 15.8. The summed E-state index contributed by atoms with van der Waals surface area (Å²) in [5, 5.41) is 9.41. The van der Waals surface area contributed by atoms with Gasteiger partial charge in [-0.2, -0.15) is 22.0 Å². The summed E-state index contributed by atoms with van der Waals surface area (Å²) in [5.74, 6) is -10.8. The number of halogens is 5. The Hall–Kier alpha value is -1.22. The van der Waals surface area contributed by atoms with Crippen molar-refractivity contribution in [3.05, 3.63) is 11.6 Å². The highest BCUT2D eigenvalue weighted by molar-refractivity contribution is 5.80. The maximum absolute atomic E-state index is 14.5. The number of rotatable bonds is 3. The van der Waals surface area contributed by atoms with Gasteiger partial charge in [0, 0.05) is 0 Å². The van der Waals surface area contributed by atoms with Gasteiger partial charge < -0.3 is 14.6 Å². The molecule has 1 aliphatic rings. The first-order valence-corrected chi connectivity index (χ1v) is 7.95. The molecule has 3 atom stereocenters. The molecule has 0 spiro atoms. The molecule has 4 nitrogen and oxygen atoms in total. The van der Waals surface area contributed by atoms with Crippen LogP contribution in [-0.4, -0.2) is 41.2 Å². The molecule has 26 heavy (non-hydrogen) atoms. The molecule has 0 aromatic heterocycles. The highest BCUT2D eigenvalue weighted by atomic mass is 19.4. The first kappa shape index (κ1) is 22.8. The number of hydrogen-bond donors (Lipinski definition) is 1. The molecule has 0 radical (unpaired) electrons. The summed E-state index contributed by atoms with van der Waals surface area (Å²) in [5.41, 5.74) is -4.47. The Morgan fingerprint density at radius 1 is 1.15 bits per heavy atom. The largest absolute Gasteiger partial charge is 0.450 e. The van der Waals surface area contributed by atoms with Crippen LogP contribution in [0.4, 0.5) is 22.0 Å². The van der Waals surface area contributed by atoms with Crippen LogP contribution in [0.1, 0.15) is 48.5 Å². The molecule has 1 fully saturated rings. The molecule has 3 unspecified atom stereocenters. The summed E-state index contributed by atoms with van der Waals surface area (Å²) in [6.45, 7) is 9.15. The predicted octanol–water partition coefficient (Wildman–Crippen LogP) is 4.22. The fraction of sp³-hybridized carbons (Fsp3) is 0.824. The van der Waals surface area contributed by atoms with Gasteiger partial charge in [-0.25, -0.2) is 0 Å². The Kier molecular flexibility index (Phi) is 5.40. The number of alkyl halides is 5. The molecule has 1 N–H and O–H groups in total. The Morgan fingerprint density at radius 3 is 1.92 bits per heavy atom. The fourth-order valence-corrected chi connectivity index (χ4v) is 2.60. The molecule has 0 aliphatic carbocycles. The van der Waals surface area contributed by atoms with E-state index < -0.39 is 46.9 Å². The van der Waals surface area contributed by atoms with Gasteiger partial charge in [-0.3, -0.25) is 4.79 Å². The summed E-state index contributed by atoms with van der Waals surface area (Å²) in [7, 11) is 0. The molecule has 152 valence electrons. The van der Waals surface area contributed by atoms with E-state index in [4.69, 9.17) is 4.74 Å². The van der Waals surface area contributed by atoms with Crippen molar-refractivity contribution in [2.75, 3.05) is 6.61 Å². The third-order valence-corrected chi connectivity index (χ3v) is 4.91. The lowest BCUT2D eigenvalue weighted by Gasteiger charge is -2.41. The van der Waals surface area contributed by atoms with Crippen LogP contribution in [0.15, 0.2) is 11.6 Å². The third kappa shape index (κ3) is 3.24. The second kappa shape index (κ2) is 6.15. The molecule has 1 rings (SSSR count). The smallest absolute Gasteiger partial charge is 0.449 e. The minimum Gasteiger partial charge on any atom is -0.450 e. The number of hydrogen-bond acceptors (Lipinski definition) is 4. The summed E-state index contributed by atoms with van der Waals surface area (Å²) >= 11 is 0. The van der Waals surface area contributed by atoms with Crippen molar-refractivity contribution in [3.8, 4) is 0 Å². The molecule has 1 saturated heterocycles. The standard InChI is InChI=1S/C17H25F5O4/c1-10(2)8-13(6,12(3,4)5)11(23)26-14(7)9-25-16(24,15(14,18)19)17(20,21)22/h8,24H,9H2,1-7H3. The van der Waals surface area contributed by atoms with Gasteiger partial charge in [0.2, 0.25) is 5.60 Å². The molecule has 0 bridgehead atoms. The second-order valence-corrected chi connectivity index (χ2v) is 8.30. The SMILES string of the molecule is CC(C)=CC(C)(C(=O)OC1(C)COC(O)(C(F)(F)F)C1(F)F)C(C)(C)C. The van der Waals surface area contributed by atoms with Crippen molar-refractivity contribution in [2.24, 2.45) is 10.8 Å². The zero-order valence-corrected chi connectivity index (χ0v) is 15.8. The van der Waals surface area contributed by atoms with Crippen LogP contribution in [0.2, 0.25) is 0 Å². The Balaban J connectivity index is 3.33. The monoisotopic (exact) mass is 388 g/mol. The number of allylic oxidation sites excluding steroid dienone is 1. The van der Waals surface area contributed by atoms with Crippen LogP contribution in [0.3, 0.4) is 0 Å². The topological polar surface area (TPSA) is 55.8 Å². The normalized spacial score (nSPS) is 31.3. The lowest BCUT2D eigenvalue weighted by Crippen LogP contribution is -2.64. The van der Waals surface area contributed by atoms with Crippen molar-refractivity contribution in [1.29, 1.82) is 0 Å². The van der Waals surface area contributed by atoms with E-state index in [9.17, 15) is 31.9 Å². The van der Waals surface area contributed by atoms with E-state index in [-0.39, 0.29) is 0 Å². The number of ether oxygens (including phenoxy) is 2. The molecule has 0 amide bonds. The minimum absolute atomic E-state index is 0.611. The van der Waals surface area contributed by atoms with Crippen LogP contribution in [0.5, 0.6) is 0 Å². The van der Waals surface area contributed by atoms with Gasteiger partial charge in [0.25, 0.3) is 0 Å². The van der Waals surface area contributed by atoms with Crippen molar-refractivity contribution in [1.82, 2.24) is 0 Å². The van der Waals surface area contributed by atoms with E-state index in [1.807, 2.05) is 0 Å². The molecular formula is C17H25F5O4. The first-order valence-electron chi connectivity index (χ1n) is 7.95. The molecule has 1 heterocycles. The highest BCUT2D eigenvalue weighted by Gasteiger charge is 2.83. The van der Waals surface area contributed by atoms with E-state index in [1.165, 1.54) is 13.0 Å².